The Kier molecular flexibility index (Phi) is 5.25. The highest BCUT2D eigenvalue weighted by atomic mass is 35.5. The van der Waals surface area contributed by atoms with Gasteiger partial charge in [0.15, 0.2) is 0 Å². The fourth-order valence-corrected chi connectivity index (χ4v) is 2.04. The lowest BCUT2D eigenvalue weighted by molar-refractivity contribution is 0.0950. The molecule has 0 fully saturated rings. The number of hydrogen-bond donors (Lipinski definition) is 1. The number of rotatable bonds is 5. The first-order chi connectivity index (χ1) is 10.1. The Morgan fingerprint density at radius 1 is 1.38 bits per heavy atom. The Labute approximate surface area is 126 Å². The van der Waals surface area contributed by atoms with Crippen LogP contribution in [0.25, 0.3) is 0 Å². The van der Waals surface area contributed by atoms with Gasteiger partial charge < -0.3 is 10.1 Å². The van der Waals surface area contributed by atoms with E-state index >= 15 is 0 Å². The van der Waals surface area contributed by atoms with Gasteiger partial charge in [-0.1, -0.05) is 35.9 Å². The summed E-state index contributed by atoms with van der Waals surface area (Å²) < 4.78 is 18.1. The fourth-order valence-electron chi connectivity index (χ4n) is 1.86. The van der Waals surface area contributed by atoms with Crippen LogP contribution < -0.4 is 5.32 Å². The molecule has 0 radical (unpaired) electrons. The molecule has 2 rings (SSSR count). The van der Waals surface area contributed by atoms with Crippen LogP contribution in [-0.4, -0.2) is 18.0 Å². The van der Waals surface area contributed by atoms with Gasteiger partial charge in [-0.25, -0.2) is 9.37 Å². The molecule has 1 aromatic carbocycles. The zero-order valence-corrected chi connectivity index (χ0v) is 12.2. The Balaban J connectivity index is 2.04. The van der Waals surface area contributed by atoms with Crippen molar-refractivity contribution in [3.05, 3.63) is 64.2 Å². The van der Waals surface area contributed by atoms with E-state index in [1.165, 1.54) is 0 Å². The van der Waals surface area contributed by atoms with E-state index in [1.807, 2.05) is 24.3 Å². The van der Waals surface area contributed by atoms with Crippen LogP contribution in [0.4, 0.5) is 4.39 Å². The van der Waals surface area contributed by atoms with Gasteiger partial charge in [0, 0.05) is 13.7 Å². The van der Waals surface area contributed by atoms with Crippen molar-refractivity contribution in [2.45, 2.75) is 13.2 Å². The Morgan fingerprint density at radius 3 is 2.90 bits per heavy atom. The van der Waals surface area contributed by atoms with Gasteiger partial charge in [0.05, 0.1) is 18.4 Å². The second kappa shape index (κ2) is 7.15. The minimum atomic E-state index is -0.605. The highest BCUT2D eigenvalue weighted by molar-refractivity contribution is 6.32. The number of carbonyl (C=O) groups is 1. The van der Waals surface area contributed by atoms with E-state index in [4.69, 9.17) is 16.3 Å². The summed E-state index contributed by atoms with van der Waals surface area (Å²) in [6, 6.07) is 8.68. The van der Waals surface area contributed by atoms with Crippen molar-refractivity contribution >= 4 is 17.5 Å². The minimum absolute atomic E-state index is 0.0183. The quantitative estimate of drug-likeness (QED) is 0.864. The third kappa shape index (κ3) is 4.24. The van der Waals surface area contributed by atoms with Crippen LogP contribution in [0.5, 0.6) is 0 Å². The van der Waals surface area contributed by atoms with Crippen LogP contribution in [0, 0.1) is 5.82 Å². The Hall–Kier alpha value is -1.98. The largest absolute Gasteiger partial charge is 0.380 e. The summed E-state index contributed by atoms with van der Waals surface area (Å²) >= 11 is 5.78. The summed E-state index contributed by atoms with van der Waals surface area (Å²) in [6.07, 6.45) is 0.966. The standard InChI is InChI=1S/C15H14ClFN2O2/c1-21-9-11-4-2-3-10(5-11)7-19-15(20)13-6-12(17)8-18-14(13)16/h2-6,8H,7,9H2,1H3,(H,19,20). The number of pyridine rings is 1. The number of halogens is 2. The topological polar surface area (TPSA) is 51.2 Å². The molecular weight excluding hydrogens is 295 g/mol. The van der Waals surface area contributed by atoms with Gasteiger partial charge in [-0.2, -0.15) is 0 Å². The maximum absolute atomic E-state index is 13.1. The van der Waals surface area contributed by atoms with Gasteiger partial charge in [-0.3, -0.25) is 4.79 Å². The zero-order valence-electron chi connectivity index (χ0n) is 11.4. The number of nitrogens with one attached hydrogen (secondary N) is 1. The fraction of sp³-hybridized carbons (Fsp3) is 0.200. The molecule has 1 heterocycles. The van der Waals surface area contributed by atoms with Crippen molar-refractivity contribution in [2.24, 2.45) is 0 Å². The maximum Gasteiger partial charge on any atom is 0.254 e. The summed E-state index contributed by atoms with van der Waals surface area (Å²) in [7, 11) is 1.62. The molecule has 1 N–H and O–H groups in total. The molecule has 21 heavy (non-hydrogen) atoms. The third-order valence-corrected chi connectivity index (χ3v) is 3.11. The number of nitrogens with zero attached hydrogens (tertiary/aromatic N) is 1. The van der Waals surface area contributed by atoms with Crippen LogP contribution in [0.1, 0.15) is 21.5 Å². The molecule has 0 atom stereocenters. The number of ether oxygens (including phenoxy) is 1. The van der Waals surface area contributed by atoms with Gasteiger partial charge in [0.2, 0.25) is 0 Å². The summed E-state index contributed by atoms with van der Waals surface area (Å²) in [6.45, 7) is 0.810. The maximum atomic E-state index is 13.1. The summed E-state index contributed by atoms with van der Waals surface area (Å²) in [5, 5.41) is 2.66. The lowest BCUT2D eigenvalue weighted by Gasteiger charge is -2.08. The number of aromatic nitrogens is 1. The molecule has 0 bridgehead atoms. The van der Waals surface area contributed by atoms with Crippen molar-refractivity contribution < 1.29 is 13.9 Å². The van der Waals surface area contributed by atoms with Crippen molar-refractivity contribution in [1.29, 1.82) is 0 Å². The summed E-state index contributed by atoms with van der Waals surface area (Å²) in [4.78, 5) is 15.6. The van der Waals surface area contributed by atoms with E-state index in [-0.39, 0.29) is 10.7 Å². The van der Waals surface area contributed by atoms with Crippen LogP contribution in [-0.2, 0) is 17.9 Å². The van der Waals surface area contributed by atoms with Crippen LogP contribution in [0.2, 0.25) is 5.15 Å². The molecule has 1 amide bonds. The normalized spacial score (nSPS) is 10.4. The molecule has 0 aliphatic heterocycles. The van der Waals surface area contributed by atoms with Gasteiger partial charge in [-0.15, -0.1) is 0 Å². The predicted molar refractivity (Wildman–Crippen MR) is 77.5 cm³/mol. The third-order valence-electron chi connectivity index (χ3n) is 2.81. The van der Waals surface area contributed by atoms with Crippen molar-refractivity contribution in [3.8, 4) is 0 Å². The second-order valence-corrected chi connectivity index (χ2v) is 4.79. The molecule has 4 nitrogen and oxygen atoms in total. The average Bonchev–Trinajstić information content (AvgIpc) is 2.48. The van der Waals surface area contributed by atoms with Crippen LogP contribution in [0.3, 0.4) is 0 Å². The molecule has 0 saturated carbocycles. The van der Waals surface area contributed by atoms with E-state index in [0.717, 1.165) is 23.4 Å². The molecule has 0 aliphatic rings. The molecule has 0 unspecified atom stereocenters. The van der Waals surface area contributed by atoms with E-state index in [1.54, 1.807) is 7.11 Å². The summed E-state index contributed by atoms with van der Waals surface area (Å²) in [5.41, 5.74) is 1.94. The van der Waals surface area contributed by atoms with Gasteiger partial charge >= 0.3 is 0 Å². The van der Waals surface area contributed by atoms with Crippen molar-refractivity contribution in [2.75, 3.05) is 7.11 Å². The number of carbonyl (C=O) groups excluding carboxylic acids is 1. The lowest BCUT2D eigenvalue weighted by Crippen LogP contribution is -2.23. The van der Waals surface area contributed by atoms with Gasteiger partial charge in [0.1, 0.15) is 11.0 Å². The minimum Gasteiger partial charge on any atom is -0.380 e. The van der Waals surface area contributed by atoms with Crippen molar-refractivity contribution in [3.63, 3.8) is 0 Å². The molecule has 0 spiro atoms. The first-order valence-electron chi connectivity index (χ1n) is 6.26. The van der Waals surface area contributed by atoms with Gasteiger partial charge in [0.25, 0.3) is 5.91 Å². The van der Waals surface area contributed by atoms with Gasteiger partial charge in [-0.05, 0) is 17.2 Å². The second-order valence-electron chi connectivity index (χ2n) is 4.43. The zero-order chi connectivity index (χ0) is 15.2. The molecule has 2 aromatic rings. The predicted octanol–water partition coefficient (Wildman–Crippen LogP) is 2.95. The summed E-state index contributed by atoms with van der Waals surface area (Å²) in [5.74, 6) is -1.07. The van der Waals surface area contributed by atoms with E-state index in [9.17, 15) is 9.18 Å². The highest BCUT2D eigenvalue weighted by Crippen LogP contribution is 2.14. The molecule has 1 aromatic heterocycles. The Morgan fingerprint density at radius 2 is 2.14 bits per heavy atom. The average molecular weight is 309 g/mol. The Bertz CT molecular complexity index is 649. The van der Waals surface area contributed by atoms with E-state index < -0.39 is 11.7 Å². The van der Waals surface area contributed by atoms with E-state index in [0.29, 0.717) is 13.2 Å². The molecule has 110 valence electrons. The van der Waals surface area contributed by atoms with Crippen LogP contribution in [0.15, 0.2) is 36.5 Å². The lowest BCUT2D eigenvalue weighted by atomic mass is 10.1. The smallest absolute Gasteiger partial charge is 0.254 e. The van der Waals surface area contributed by atoms with Crippen LogP contribution >= 0.6 is 11.6 Å². The number of amides is 1. The van der Waals surface area contributed by atoms with Crippen molar-refractivity contribution in [1.82, 2.24) is 10.3 Å². The molecular formula is C15H14ClFN2O2. The number of hydrogen-bond acceptors (Lipinski definition) is 3. The monoisotopic (exact) mass is 308 g/mol. The highest BCUT2D eigenvalue weighted by Gasteiger charge is 2.12. The molecule has 0 aliphatic carbocycles. The van der Waals surface area contributed by atoms with E-state index in [2.05, 4.69) is 10.3 Å². The first-order valence-corrected chi connectivity index (χ1v) is 6.64. The molecule has 0 saturated heterocycles. The number of benzene rings is 1. The molecule has 6 heteroatoms. The number of methoxy groups -OCH3 is 1. The first kappa shape index (κ1) is 15.4. The SMILES string of the molecule is COCc1cccc(CNC(=O)c2cc(F)cnc2Cl)c1.